The molecule has 5 heteroatoms. The molecule has 0 bridgehead atoms. The van der Waals surface area contributed by atoms with E-state index in [2.05, 4.69) is 19.9 Å². The van der Waals surface area contributed by atoms with Crippen LogP contribution < -0.4 is 0 Å². The average molecular weight is 435 g/mol. The number of rotatable bonds is 4. The van der Waals surface area contributed by atoms with Gasteiger partial charge in [0.1, 0.15) is 12.4 Å². The molecule has 0 radical (unpaired) electrons. The molecule has 4 rings (SSSR count). The summed E-state index contributed by atoms with van der Waals surface area (Å²) in [6.07, 6.45) is 8.52. The second-order valence-electron chi connectivity index (χ2n) is 9.88. The fourth-order valence-corrected chi connectivity index (χ4v) is 5.47. The minimum atomic E-state index is -0.499. The summed E-state index contributed by atoms with van der Waals surface area (Å²) < 4.78 is 5.70. The molecular formula is C27H30O5. The van der Waals surface area contributed by atoms with Crippen LogP contribution in [0.5, 0.6) is 5.75 Å². The number of benzene rings is 1. The Balaban J connectivity index is 1.66. The Morgan fingerprint density at radius 2 is 1.78 bits per heavy atom. The van der Waals surface area contributed by atoms with Gasteiger partial charge in [0, 0.05) is 22.0 Å². The maximum Gasteiger partial charge on any atom is 0.338 e. The second kappa shape index (κ2) is 7.80. The van der Waals surface area contributed by atoms with Crippen LogP contribution in [0.2, 0.25) is 0 Å². The molecule has 0 saturated heterocycles. The van der Waals surface area contributed by atoms with E-state index < -0.39 is 16.8 Å². The normalized spacial score (nSPS) is 27.3. The number of esters is 1. The van der Waals surface area contributed by atoms with E-state index in [1.54, 1.807) is 0 Å². The van der Waals surface area contributed by atoms with Gasteiger partial charge in [-0.3, -0.25) is 4.79 Å². The molecular weight excluding hydrogens is 404 g/mol. The van der Waals surface area contributed by atoms with Gasteiger partial charge in [-0.15, -0.1) is 0 Å². The zero-order valence-corrected chi connectivity index (χ0v) is 19.1. The predicted octanol–water partition coefficient (Wildman–Crippen LogP) is 5.59. The Morgan fingerprint density at radius 3 is 2.44 bits per heavy atom. The summed E-state index contributed by atoms with van der Waals surface area (Å²) in [6.45, 7) is 8.27. The Labute approximate surface area is 188 Å². The standard InChI is InChI=1S/C27H30O5/c1-16(2)20-14-18-8-11-21-26(3,15-32-25(31)17-6-9-19(28)10-7-17)12-5-13-27(21,4)22(18)24(30)23(20)29/h6-11,14,16,28,30H,5,12-13,15H2,1-4H3/t26-,27+/m1/s1. The molecule has 0 heterocycles. The molecule has 2 atom stereocenters. The minimum absolute atomic E-state index is 0.0289. The molecule has 1 saturated carbocycles. The SMILES string of the molecule is CC(C)C1=CC2=CC=C3[C@@](C)(COC(=O)c4ccc(O)cc4)CCC[C@]3(C)C2=C(O)C1=O. The predicted molar refractivity (Wildman–Crippen MR) is 122 cm³/mol. The van der Waals surface area contributed by atoms with Crippen molar-refractivity contribution in [3.63, 3.8) is 0 Å². The zero-order chi connectivity index (χ0) is 23.3. The van der Waals surface area contributed by atoms with Crippen molar-refractivity contribution in [3.8, 4) is 5.75 Å². The summed E-state index contributed by atoms with van der Waals surface area (Å²) in [5.74, 6) is -0.760. The van der Waals surface area contributed by atoms with Crippen molar-refractivity contribution < 1.29 is 24.5 Å². The number of carbonyl (C=O) groups excluding carboxylic acids is 2. The lowest BCUT2D eigenvalue weighted by molar-refractivity contribution is -0.115. The monoisotopic (exact) mass is 434 g/mol. The zero-order valence-electron chi connectivity index (χ0n) is 19.1. The molecule has 0 unspecified atom stereocenters. The van der Waals surface area contributed by atoms with Crippen LogP contribution in [0.15, 0.2) is 70.5 Å². The number of aliphatic hydroxyl groups excluding tert-OH is 1. The Bertz CT molecular complexity index is 1100. The number of fused-ring (bicyclic) bond motifs is 3. The molecule has 168 valence electrons. The van der Waals surface area contributed by atoms with Crippen molar-refractivity contribution in [2.75, 3.05) is 6.61 Å². The van der Waals surface area contributed by atoms with Crippen LogP contribution in [-0.2, 0) is 9.53 Å². The number of Topliss-reactive ketones (excluding diaryl/α,β-unsaturated/α-hetero) is 1. The summed E-state index contributed by atoms with van der Waals surface area (Å²) in [6, 6.07) is 5.99. The molecule has 5 nitrogen and oxygen atoms in total. The smallest absolute Gasteiger partial charge is 0.338 e. The molecule has 0 amide bonds. The third-order valence-electron chi connectivity index (χ3n) is 7.19. The number of aromatic hydroxyl groups is 1. The highest BCUT2D eigenvalue weighted by atomic mass is 16.5. The summed E-state index contributed by atoms with van der Waals surface area (Å²) >= 11 is 0. The van der Waals surface area contributed by atoms with Crippen LogP contribution in [0.3, 0.4) is 0 Å². The largest absolute Gasteiger partial charge is 0.508 e. The van der Waals surface area contributed by atoms with E-state index in [9.17, 15) is 19.8 Å². The highest BCUT2D eigenvalue weighted by molar-refractivity contribution is 6.10. The van der Waals surface area contributed by atoms with Crippen molar-refractivity contribution in [3.05, 3.63) is 76.1 Å². The maximum absolute atomic E-state index is 12.9. The van der Waals surface area contributed by atoms with Crippen molar-refractivity contribution in [2.24, 2.45) is 16.7 Å². The van der Waals surface area contributed by atoms with Gasteiger partial charge in [0.25, 0.3) is 0 Å². The number of phenols is 1. The number of allylic oxidation sites excluding steroid dienone is 6. The number of hydrogen-bond donors (Lipinski definition) is 2. The molecule has 1 fully saturated rings. The van der Waals surface area contributed by atoms with Crippen molar-refractivity contribution in [1.82, 2.24) is 0 Å². The van der Waals surface area contributed by atoms with E-state index in [4.69, 9.17) is 4.74 Å². The number of ketones is 1. The average Bonchev–Trinajstić information content (AvgIpc) is 2.74. The van der Waals surface area contributed by atoms with Crippen LogP contribution in [0, 0.1) is 16.7 Å². The van der Waals surface area contributed by atoms with Crippen molar-refractivity contribution >= 4 is 11.8 Å². The summed E-state index contributed by atoms with van der Waals surface area (Å²) in [4.78, 5) is 25.5. The van der Waals surface area contributed by atoms with Gasteiger partial charge in [0.05, 0.1) is 5.56 Å². The topological polar surface area (TPSA) is 83.8 Å². The Hall–Kier alpha value is -3.08. The first-order valence-electron chi connectivity index (χ1n) is 11.2. The molecule has 2 N–H and O–H groups in total. The lowest BCUT2D eigenvalue weighted by Gasteiger charge is -2.50. The number of phenolic OH excluding ortho intramolecular Hbond substituents is 1. The van der Waals surface area contributed by atoms with Gasteiger partial charge < -0.3 is 14.9 Å². The maximum atomic E-state index is 12.9. The molecule has 1 aromatic rings. The van der Waals surface area contributed by atoms with E-state index in [1.807, 2.05) is 26.0 Å². The lowest BCUT2D eigenvalue weighted by atomic mass is 9.54. The van der Waals surface area contributed by atoms with Gasteiger partial charge in [-0.1, -0.05) is 51.8 Å². The van der Waals surface area contributed by atoms with Gasteiger partial charge in [-0.05, 0) is 54.7 Å². The number of hydrogen-bond acceptors (Lipinski definition) is 5. The van der Waals surface area contributed by atoms with Gasteiger partial charge in [-0.25, -0.2) is 4.79 Å². The third kappa shape index (κ3) is 3.50. The minimum Gasteiger partial charge on any atom is -0.508 e. The Morgan fingerprint density at radius 1 is 1.09 bits per heavy atom. The number of aliphatic hydroxyl groups is 1. The molecule has 3 aliphatic rings. The van der Waals surface area contributed by atoms with Gasteiger partial charge in [0.2, 0.25) is 5.78 Å². The van der Waals surface area contributed by atoms with Crippen LogP contribution >= 0.6 is 0 Å². The van der Waals surface area contributed by atoms with E-state index in [0.717, 1.165) is 30.4 Å². The van der Waals surface area contributed by atoms with E-state index >= 15 is 0 Å². The Kier molecular flexibility index (Phi) is 5.40. The summed E-state index contributed by atoms with van der Waals surface area (Å²) in [5, 5.41) is 20.4. The van der Waals surface area contributed by atoms with Crippen molar-refractivity contribution in [2.45, 2.75) is 47.0 Å². The third-order valence-corrected chi connectivity index (χ3v) is 7.19. The van der Waals surface area contributed by atoms with E-state index in [-0.39, 0.29) is 29.8 Å². The first-order chi connectivity index (χ1) is 15.1. The van der Waals surface area contributed by atoms with Crippen molar-refractivity contribution in [1.29, 1.82) is 0 Å². The number of carbonyl (C=O) groups is 2. The highest BCUT2D eigenvalue weighted by Gasteiger charge is 2.51. The highest BCUT2D eigenvalue weighted by Crippen LogP contribution is 2.59. The molecule has 1 aromatic carbocycles. The fraction of sp³-hybridized carbons (Fsp3) is 0.407. The van der Waals surface area contributed by atoms with Gasteiger partial charge in [0.15, 0.2) is 5.76 Å². The first-order valence-corrected chi connectivity index (χ1v) is 11.2. The quantitative estimate of drug-likeness (QED) is 0.604. The lowest BCUT2D eigenvalue weighted by Crippen LogP contribution is -2.43. The molecule has 0 aromatic heterocycles. The fourth-order valence-electron chi connectivity index (χ4n) is 5.47. The van der Waals surface area contributed by atoms with E-state index in [1.165, 1.54) is 24.3 Å². The molecule has 3 aliphatic carbocycles. The second-order valence-corrected chi connectivity index (χ2v) is 9.88. The molecule has 0 aliphatic heterocycles. The summed E-state index contributed by atoms with van der Waals surface area (Å²) in [7, 11) is 0. The summed E-state index contributed by atoms with van der Waals surface area (Å²) in [5.41, 5.74) is 2.76. The van der Waals surface area contributed by atoms with Crippen LogP contribution in [0.4, 0.5) is 0 Å². The van der Waals surface area contributed by atoms with E-state index in [0.29, 0.717) is 16.7 Å². The molecule has 32 heavy (non-hydrogen) atoms. The number of ether oxygens (including phenoxy) is 1. The van der Waals surface area contributed by atoms with Crippen LogP contribution in [0.25, 0.3) is 0 Å². The van der Waals surface area contributed by atoms with Crippen LogP contribution in [-0.4, -0.2) is 28.6 Å². The van der Waals surface area contributed by atoms with Gasteiger partial charge >= 0.3 is 5.97 Å². The first kappa shape index (κ1) is 22.1. The van der Waals surface area contributed by atoms with Crippen LogP contribution in [0.1, 0.15) is 57.3 Å². The molecule has 0 spiro atoms. The van der Waals surface area contributed by atoms with Gasteiger partial charge in [-0.2, -0.15) is 0 Å².